The van der Waals surface area contributed by atoms with Crippen LogP contribution in [0, 0.1) is 6.92 Å². The number of hydrogen-bond acceptors (Lipinski definition) is 3. The van der Waals surface area contributed by atoms with E-state index in [-0.39, 0.29) is 0 Å². The van der Waals surface area contributed by atoms with Crippen LogP contribution in [0.25, 0.3) is 0 Å². The lowest BCUT2D eigenvalue weighted by Crippen LogP contribution is -2.07. The zero-order valence-corrected chi connectivity index (χ0v) is 9.98. The third kappa shape index (κ3) is 2.82. The Labute approximate surface area is 102 Å². The molecule has 0 bridgehead atoms. The van der Waals surface area contributed by atoms with E-state index in [1.807, 2.05) is 24.4 Å². The van der Waals surface area contributed by atoms with Gasteiger partial charge in [-0.1, -0.05) is 18.2 Å². The predicted octanol–water partition coefficient (Wildman–Crippen LogP) is 2.46. The summed E-state index contributed by atoms with van der Waals surface area (Å²) in [5, 5.41) is 3.42. The Morgan fingerprint density at radius 1 is 1.18 bits per heavy atom. The molecule has 0 aliphatic carbocycles. The van der Waals surface area contributed by atoms with Gasteiger partial charge in [0.15, 0.2) is 0 Å². The van der Waals surface area contributed by atoms with Gasteiger partial charge in [0.1, 0.15) is 0 Å². The van der Waals surface area contributed by atoms with Gasteiger partial charge in [-0.05, 0) is 35.7 Å². The van der Waals surface area contributed by atoms with Gasteiger partial charge in [0.05, 0.1) is 0 Å². The zero-order chi connectivity index (χ0) is 12.1. The van der Waals surface area contributed by atoms with Gasteiger partial charge in [0, 0.05) is 31.2 Å². The van der Waals surface area contributed by atoms with Gasteiger partial charge < -0.3 is 11.1 Å². The molecule has 0 fully saturated rings. The number of nitrogens with two attached hydrogens (primary N) is 1. The first-order chi connectivity index (χ1) is 8.31. The molecular formula is C14H17N3. The summed E-state index contributed by atoms with van der Waals surface area (Å²) >= 11 is 0. The third-order valence-corrected chi connectivity index (χ3v) is 2.84. The summed E-state index contributed by atoms with van der Waals surface area (Å²) < 4.78 is 0. The van der Waals surface area contributed by atoms with E-state index in [4.69, 9.17) is 5.73 Å². The van der Waals surface area contributed by atoms with E-state index in [1.54, 1.807) is 6.20 Å². The van der Waals surface area contributed by atoms with E-state index in [0.29, 0.717) is 6.54 Å². The normalized spacial score (nSPS) is 10.2. The second kappa shape index (κ2) is 5.46. The number of nitrogens with zero attached hydrogens (tertiary/aromatic N) is 1. The molecule has 88 valence electrons. The zero-order valence-electron chi connectivity index (χ0n) is 9.98. The van der Waals surface area contributed by atoms with Crippen LogP contribution in [0.1, 0.15) is 16.7 Å². The van der Waals surface area contributed by atoms with Crippen LogP contribution in [-0.2, 0) is 13.1 Å². The minimum Gasteiger partial charge on any atom is -0.381 e. The highest BCUT2D eigenvalue weighted by Gasteiger charge is 2.01. The maximum atomic E-state index is 5.68. The molecule has 0 aliphatic rings. The van der Waals surface area contributed by atoms with Crippen LogP contribution < -0.4 is 11.1 Å². The Bertz CT molecular complexity index is 494. The molecule has 0 aliphatic heterocycles. The van der Waals surface area contributed by atoms with Crippen molar-refractivity contribution in [3.05, 3.63) is 59.4 Å². The summed E-state index contributed by atoms with van der Waals surface area (Å²) in [5.74, 6) is 0. The smallest absolute Gasteiger partial charge is 0.0405 e. The molecule has 2 rings (SSSR count). The van der Waals surface area contributed by atoms with E-state index in [1.165, 1.54) is 11.1 Å². The number of benzene rings is 1. The highest BCUT2D eigenvalue weighted by atomic mass is 14.9. The van der Waals surface area contributed by atoms with E-state index in [2.05, 4.69) is 29.4 Å². The molecule has 0 amide bonds. The van der Waals surface area contributed by atoms with Gasteiger partial charge in [-0.25, -0.2) is 0 Å². The lowest BCUT2D eigenvalue weighted by Gasteiger charge is -2.11. The van der Waals surface area contributed by atoms with Gasteiger partial charge >= 0.3 is 0 Å². The number of nitrogens with one attached hydrogen (secondary N) is 1. The molecule has 2 aromatic rings. The molecule has 3 nitrogen and oxygen atoms in total. The Kier molecular flexibility index (Phi) is 3.73. The molecule has 1 heterocycles. The lowest BCUT2D eigenvalue weighted by atomic mass is 10.1. The molecule has 17 heavy (non-hydrogen) atoms. The number of rotatable bonds is 4. The summed E-state index contributed by atoms with van der Waals surface area (Å²) in [6.07, 6.45) is 3.63. The Morgan fingerprint density at radius 3 is 2.76 bits per heavy atom. The van der Waals surface area contributed by atoms with Crippen LogP contribution in [0.5, 0.6) is 0 Å². The largest absolute Gasteiger partial charge is 0.381 e. The number of pyridine rings is 1. The van der Waals surface area contributed by atoms with Crippen molar-refractivity contribution in [3.8, 4) is 0 Å². The van der Waals surface area contributed by atoms with Crippen molar-refractivity contribution in [1.29, 1.82) is 0 Å². The molecule has 0 unspecified atom stereocenters. The van der Waals surface area contributed by atoms with Crippen LogP contribution >= 0.6 is 0 Å². The van der Waals surface area contributed by atoms with Crippen molar-refractivity contribution in [2.45, 2.75) is 20.0 Å². The lowest BCUT2D eigenvalue weighted by molar-refractivity contribution is 0.986. The third-order valence-electron chi connectivity index (χ3n) is 2.84. The van der Waals surface area contributed by atoms with Crippen molar-refractivity contribution in [1.82, 2.24) is 4.98 Å². The standard InChI is InChI=1S/C14H17N3/c1-11-4-2-3-5-14(11)17-10-12-6-7-16-9-13(12)8-15/h2-7,9,17H,8,10,15H2,1H3. The average molecular weight is 227 g/mol. The number of hydrogen-bond donors (Lipinski definition) is 2. The number of para-hydroxylation sites is 1. The molecule has 0 spiro atoms. The Morgan fingerprint density at radius 2 is 2.00 bits per heavy atom. The molecule has 1 aromatic heterocycles. The van der Waals surface area contributed by atoms with Gasteiger partial charge in [0.25, 0.3) is 0 Å². The van der Waals surface area contributed by atoms with Crippen molar-refractivity contribution >= 4 is 5.69 Å². The molecule has 3 heteroatoms. The van der Waals surface area contributed by atoms with Gasteiger partial charge in [-0.3, -0.25) is 4.98 Å². The summed E-state index contributed by atoms with van der Waals surface area (Å²) in [6, 6.07) is 10.3. The maximum Gasteiger partial charge on any atom is 0.0405 e. The second-order valence-electron chi connectivity index (χ2n) is 4.02. The summed E-state index contributed by atoms with van der Waals surface area (Å²) in [7, 11) is 0. The van der Waals surface area contributed by atoms with Crippen LogP contribution in [0.4, 0.5) is 5.69 Å². The molecule has 0 atom stereocenters. The molecule has 0 saturated heterocycles. The second-order valence-corrected chi connectivity index (χ2v) is 4.02. The van der Waals surface area contributed by atoms with E-state index in [0.717, 1.165) is 17.8 Å². The monoisotopic (exact) mass is 227 g/mol. The predicted molar refractivity (Wildman–Crippen MR) is 70.6 cm³/mol. The first-order valence-corrected chi connectivity index (χ1v) is 5.72. The minimum atomic E-state index is 0.526. The van der Waals surface area contributed by atoms with Crippen molar-refractivity contribution < 1.29 is 0 Å². The fourth-order valence-corrected chi connectivity index (χ4v) is 1.77. The number of aromatic nitrogens is 1. The van der Waals surface area contributed by atoms with Crippen LogP contribution in [-0.4, -0.2) is 4.98 Å². The fraction of sp³-hybridized carbons (Fsp3) is 0.214. The van der Waals surface area contributed by atoms with E-state index < -0.39 is 0 Å². The van der Waals surface area contributed by atoms with E-state index >= 15 is 0 Å². The maximum absolute atomic E-state index is 5.68. The number of anilines is 1. The summed E-state index contributed by atoms with van der Waals surface area (Å²) in [5.41, 5.74) is 10.4. The number of aryl methyl sites for hydroxylation is 1. The van der Waals surface area contributed by atoms with Gasteiger partial charge in [-0.2, -0.15) is 0 Å². The molecule has 1 aromatic carbocycles. The van der Waals surface area contributed by atoms with Gasteiger partial charge in [-0.15, -0.1) is 0 Å². The SMILES string of the molecule is Cc1ccccc1NCc1ccncc1CN. The minimum absolute atomic E-state index is 0.526. The quantitative estimate of drug-likeness (QED) is 0.843. The molecule has 0 radical (unpaired) electrons. The molecule has 3 N–H and O–H groups in total. The molecule has 0 saturated carbocycles. The van der Waals surface area contributed by atoms with Crippen LogP contribution in [0.3, 0.4) is 0 Å². The van der Waals surface area contributed by atoms with Crippen molar-refractivity contribution in [3.63, 3.8) is 0 Å². The summed E-state index contributed by atoms with van der Waals surface area (Å²) in [6.45, 7) is 3.40. The van der Waals surface area contributed by atoms with Crippen molar-refractivity contribution in [2.24, 2.45) is 5.73 Å². The fourth-order valence-electron chi connectivity index (χ4n) is 1.77. The highest BCUT2D eigenvalue weighted by molar-refractivity contribution is 5.50. The highest BCUT2D eigenvalue weighted by Crippen LogP contribution is 2.15. The molecular weight excluding hydrogens is 210 g/mol. The van der Waals surface area contributed by atoms with Crippen LogP contribution in [0.15, 0.2) is 42.7 Å². The summed E-state index contributed by atoms with van der Waals surface area (Å²) in [4.78, 5) is 4.08. The Balaban J connectivity index is 2.10. The van der Waals surface area contributed by atoms with Gasteiger partial charge in [0.2, 0.25) is 0 Å². The first-order valence-electron chi connectivity index (χ1n) is 5.72. The first kappa shape index (κ1) is 11.6. The van der Waals surface area contributed by atoms with Crippen LogP contribution in [0.2, 0.25) is 0 Å². The van der Waals surface area contributed by atoms with Crippen molar-refractivity contribution in [2.75, 3.05) is 5.32 Å². The topological polar surface area (TPSA) is 50.9 Å². The Hall–Kier alpha value is -1.87. The van der Waals surface area contributed by atoms with E-state index in [9.17, 15) is 0 Å². The average Bonchev–Trinajstić information content (AvgIpc) is 2.38.